The normalized spacial score (nSPS) is 26.6. The van der Waals surface area contributed by atoms with Gasteiger partial charge in [0.25, 0.3) is 0 Å². The van der Waals surface area contributed by atoms with E-state index in [0.29, 0.717) is 12.8 Å². The molecule has 0 amide bonds. The van der Waals surface area contributed by atoms with Crippen molar-refractivity contribution in [2.45, 2.75) is 49.2 Å². The zero-order valence-corrected chi connectivity index (χ0v) is 13.2. The Kier molecular flexibility index (Phi) is 4.33. The lowest BCUT2D eigenvalue weighted by molar-refractivity contribution is -0.125. The quantitative estimate of drug-likeness (QED) is 0.857. The van der Waals surface area contributed by atoms with Crippen LogP contribution < -0.4 is 0 Å². The maximum absolute atomic E-state index is 13.0. The molecule has 0 N–H and O–H groups in total. The molecule has 1 saturated carbocycles. The van der Waals surface area contributed by atoms with E-state index in [0.717, 1.165) is 0 Å². The van der Waals surface area contributed by atoms with Gasteiger partial charge in [0.2, 0.25) is 0 Å². The topological polar surface area (TPSA) is 68.3 Å². The molecule has 1 aliphatic rings. The minimum Gasteiger partial charge on any atom is -0.300 e. The predicted octanol–water partition coefficient (Wildman–Crippen LogP) is 2.57. The van der Waals surface area contributed by atoms with Crippen LogP contribution in [0.2, 0.25) is 0 Å². The smallest absolute Gasteiger partial charge is 0.191 e. The minimum absolute atomic E-state index is 0.0795. The minimum atomic E-state index is -3.81. The summed E-state index contributed by atoms with van der Waals surface area (Å²) >= 11 is 0. The van der Waals surface area contributed by atoms with E-state index in [4.69, 9.17) is 0 Å². The highest BCUT2D eigenvalue weighted by Gasteiger charge is 2.53. The second kappa shape index (κ2) is 5.72. The second-order valence-corrected chi connectivity index (χ2v) is 8.17. The van der Waals surface area contributed by atoms with Gasteiger partial charge in [-0.15, -0.1) is 0 Å². The summed E-state index contributed by atoms with van der Waals surface area (Å²) in [6.07, 6.45) is 1.63. The van der Waals surface area contributed by atoms with Crippen molar-refractivity contribution >= 4 is 21.4 Å². The molecule has 0 heterocycles. The van der Waals surface area contributed by atoms with Crippen LogP contribution >= 0.6 is 0 Å². The van der Waals surface area contributed by atoms with Crippen molar-refractivity contribution in [3.8, 4) is 0 Å². The van der Waals surface area contributed by atoms with Crippen molar-refractivity contribution in [3.63, 3.8) is 0 Å². The third-order valence-electron chi connectivity index (χ3n) is 4.43. The third-order valence-corrected chi connectivity index (χ3v) is 7.00. The summed E-state index contributed by atoms with van der Waals surface area (Å²) in [5.74, 6) is -0.797. The van der Waals surface area contributed by atoms with Crippen molar-refractivity contribution < 1.29 is 18.0 Å². The lowest BCUT2D eigenvalue weighted by Crippen LogP contribution is -2.52. The van der Waals surface area contributed by atoms with E-state index in [1.165, 1.54) is 26.0 Å². The van der Waals surface area contributed by atoms with E-state index >= 15 is 0 Å². The number of hydrogen-bond donors (Lipinski definition) is 0. The van der Waals surface area contributed by atoms with Gasteiger partial charge in [-0.3, -0.25) is 4.79 Å². The van der Waals surface area contributed by atoms with E-state index in [9.17, 15) is 18.0 Å². The molecule has 0 bridgehead atoms. The number of carbonyl (C=O) groups excluding carboxylic acids is 2. The van der Waals surface area contributed by atoms with E-state index in [2.05, 4.69) is 0 Å². The molecule has 5 heteroatoms. The lowest BCUT2D eigenvalue weighted by atomic mass is 9.76. The summed E-state index contributed by atoms with van der Waals surface area (Å²) in [7, 11) is -3.81. The Morgan fingerprint density at radius 3 is 2.48 bits per heavy atom. The summed E-state index contributed by atoms with van der Waals surface area (Å²) in [4.78, 5) is 24.1. The highest BCUT2D eigenvalue weighted by molar-refractivity contribution is 7.93. The van der Waals surface area contributed by atoms with Crippen molar-refractivity contribution in [3.05, 3.63) is 30.3 Å². The van der Waals surface area contributed by atoms with Gasteiger partial charge in [-0.1, -0.05) is 18.2 Å². The number of benzene rings is 1. The van der Waals surface area contributed by atoms with E-state index in [1.807, 2.05) is 0 Å². The van der Waals surface area contributed by atoms with Gasteiger partial charge in [0.05, 0.1) is 4.90 Å². The van der Waals surface area contributed by atoms with Gasteiger partial charge in [0.1, 0.15) is 10.5 Å². The summed E-state index contributed by atoms with van der Waals surface area (Å²) in [5, 5.41) is 0. The van der Waals surface area contributed by atoms with Gasteiger partial charge in [-0.05, 0) is 44.7 Å². The largest absolute Gasteiger partial charge is 0.300 e. The zero-order valence-electron chi connectivity index (χ0n) is 12.3. The molecule has 1 aliphatic carbocycles. The predicted molar refractivity (Wildman–Crippen MR) is 79.7 cm³/mol. The fraction of sp³-hybridized carbons (Fsp3) is 0.500. The van der Waals surface area contributed by atoms with Gasteiger partial charge < -0.3 is 4.79 Å². The van der Waals surface area contributed by atoms with Gasteiger partial charge >= 0.3 is 0 Å². The first kappa shape index (κ1) is 15.9. The number of carbonyl (C=O) groups is 2. The summed E-state index contributed by atoms with van der Waals surface area (Å²) in [6.45, 7) is 2.93. The van der Waals surface area contributed by atoms with Crippen LogP contribution in [0.1, 0.15) is 39.5 Å². The average Bonchev–Trinajstić information content (AvgIpc) is 2.44. The molecule has 1 aromatic carbocycles. The molecule has 4 nitrogen and oxygen atoms in total. The number of sulfone groups is 1. The van der Waals surface area contributed by atoms with Crippen molar-refractivity contribution in [1.82, 2.24) is 0 Å². The number of ketones is 2. The highest BCUT2D eigenvalue weighted by atomic mass is 32.2. The summed E-state index contributed by atoms with van der Waals surface area (Å²) in [6, 6.07) is 8.03. The van der Waals surface area contributed by atoms with Gasteiger partial charge in [0.15, 0.2) is 15.6 Å². The molecule has 21 heavy (non-hydrogen) atoms. The lowest BCUT2D eigenvalue weighted by Gasteiger charge is -2.39. The maximum atomic E-state index is 13.0. The van der Waals surface area contributed by atoms with Crippen molar-refractivity contribution in [1.29, 1.82) is 0 Å². The first-order chi connectivity index (χ1) is 9.80. The molecule has 0 aromatic heterocycles. The third kappa shape index (κ3) is 2.67. The average molecular weight is 308 g/mol. The molecule has 2 atom stereocenters. The Labute approximate surface area is 125 Å². The molecule has 0 saturated heterocycles. The fourth-order valence-corrected chi connectivity index (χ4v) is 5.16. The molecule has 1 unspecified atom stereocenters. The fourth-order valence-electron chi connectivity index (χ4n) is 3.12. The SMILES string of the molecule is CC(=O)CC1CCCC(=O)[C@]1(C)S(=O)(=O)c1ccccc1. The standard InChI is InChI=1S/C16H20O4S/c1-12(17)11-13-7-6-10-15(18)16(13,2)21(19,20)14-8-4-3-5-9-14/h3-5,8-9,13H,6-7,10-11H2,1-2H3/t13?,16-/m1/s1. The Hall–Kier alpha value is -1.49. The van der Waals surface area contributed by atoms with Crippen molar-refractivity contribution in [2.24, 2.45) is 5.92 Å². The first-order valence-corrected chi connectivity index (χ1v) is 8.61. The van der Waals surface area contributed by atoms with E-state index < -0.39 is 20.5 Å². The number of hydrogen-bond acceptors (Lipinski definition) is 4. The van der Waals surface area contributed by atoms with Gasteiger partial charge in [-0.25, -0.2) is 8.42 Å². The molecular formula is C16H20O4S. The molecule has 114 valence electrons. The molecule has 2 rings (SSSR count). The highest BCUT2D eigenvalue weighted by Crippen LogP contribution is 2.42. The van der Waals surface area contributed by atoms with Crippen LogP contribution in [0.5, 0.6) is 0 Å². The Morgan fingerprint density at radius 1 is 1.29 bits per heavy atom. The van der Waals surface area contributed by atoms with E-state index in [-0.39, 0.29) is 29.3 Å². The monoisotopic (exact) mass is 308 g/mol. The van der Waals surface area contributed by atoms with Crippen LogP contribution in [0.25, 0.3) is 0 Å². The second-order valence-electron chi connectivity index (χ2n) is 5.84. The van der Waals surface area contributed by atoms with Crippen molar-refractivity contribution in [2.75, 3.05) is 0 Å². The molecule has 0 radical (unpaired) electrons. The van der Waals surface area contributed by atoms with Crippen LogP contribution in [-0.2, 0) is 19.4 Å². The molecule has 0 spiro atoms. The van der Waals surface area contributed by atoms with Crippen LogP contribution in [0, 0.1) is 5.92 Å². The zero-order chi connectivity index (χ0) is 15.7. The van der Waals surface area contributed by atoms with E-state index in [1.54, 1.807) is 18.2 Å². The molecule has 0 aliphatic heterocycles. The number of Topliss-reactive ketones (excluding diaryl/α,β-unsaturated/α-hetero) is 2. The van der Waals surface area contributed by atoms with Crippen LogP contribution in [0.4, 0.5) is 0 Å². The van der Waals surface area contributed by atoms with Gasteiger partial charge in [0, 0.05) is 12.8 Å². The maximum Gasteiger partial charge on any atom is 0.191 e. The molecule has 1 aromatic rings. The van der Waals surface area contributed by atoms with Gasteiger partial charge in [-0.2, -0.15) is 0 Å². The first-order valence-electron chi connectivity index (χ1n) is 7.12. The molecular weight excluding hydrogens is 288 g/mol. The summed E-state index contributed by atoms with van der Waals surface area (Å²) < 4.78 is 24.5. The molecule has 1 fully saturated rings. The Balaban J connectivity index is 2.53. The Bertz CT molecular complexity index is 648. The van der Waals surface area contributed by atoms with Crippen LogP contribution in [-0.4, -0.2) is 24.7 Å². The Morgan fingerprint density at radius 2 is 1.90 bits per heavy atom. The number of rotatable bonds is 4. The van der Waals surface area contributed by atoms with Crippen LogP contribution in [0.15, 0.2) is 35.2 Å². The summed E-state index contributed by atoms with van der Waals surface area (Å²) in [5.41, 5.74) is 0. The van der Waals surface area contributed by atoms with Crippen LogP contribution in [0.3, 0.4) is 0 Å².